The Kier molecular flexibility index (Phi) is 22.1. The molecule has 0 heterocycles. The molecule has 4 rings (SSSR count). The topological polar surface area (TPSA) is 157 Å². The number of esters is 2. The third-order valence-electron chi connectivity index (χ3n) is 9.96. The minimum Gasteiger partial charge on any atom is -0.466 e. The zero-order chi connectivity index (χ0) is 46.0. The van der Waals surface area contributed by atoms with E-state index in [2.05, 4.69) is 0 Å². The van der Waals surface area contributed by atoms with Crippen molar-refractivity contribution in [2.24, 2.45) is 23.7 Å². The van der Waals surface area contributed by atoms with Crippen LogP contribution in [-0.2, 0) is 46.2 Å². The van der Waals surface area contributed by atoms with Gasteiger partial charge in [-0.25, -0.2) is 8.78 Å². The lowest BCUT2D eigenvalue weighted by atomic mass is 9.62. The fourth-order valence-corrected chi connectivity index (χ4v) is 8.00. The predicted molar refractivity (Wildman–Crippen MR) is 243 cm³/mol. The highest BCUT2D eigenvalue weighted by atomic mass is 35.5. The van der Waals surface area contributed by atoms with Crippen LogP contribution in [0.25, 0.3) is 22.3 Å². The Morgan fingerprint density at radius 1 is 0.677 bits per heavy atom. The van der Waals surface area contributed by atoms with Gasteiger partial charge in [-0.3, -0.25) is 13.8 Å². The Hall–Kier alpha value is -3.82. The van der Waals surface area contributed by atoms with E-state index in [-0.39, 0.29) is 56.3 Å². The summed E-state index contributed by atoms with van der Waals surface area (Å²) in [5.74, 6) is -3.22. The van der Waals surface area contributed by atoms with E-state index >= 15 is 0 Å². The lowest BCUT2D eigenvalue weighted by Gasteiger charge is -2.23. The van der Waals surface area contributed by atoms with E-state index in [4.69, 9.17) is 36.9 Å². The van der Waals surface area contributed by atoms with Crippen molar-refractivity contribution >= 4 is 59.1 Å². The van der Waals surface area contributed by atoms with Gasteiger partial charge in [0.2, 0.25) is 0 Å². The first-order valence-corrected chi connectivity index (χ1v) is 23.1. The molecule has 0 aromatic heterocycles. The zero-order valence-electron chi connectivity index (χ0n) is 35.7. The number of hydrogen-bond donors (Lipinski definition) is 3. The molecule has 4 aromatic rings. The summed E-state index contributed by atoms with van der Waals surface area (Å²) in [4.78, 5) is 24.4. The zero-order valence-corrected chi connectivity index (χ0v) is 38.1. The van der Waals surface area contributed by atoms with Gasteiger partial charge in [0.25, 0.3) is 23.9 Å². The van der Waals surface area contributed by atoms with Crippen LogP contribution < -0.4 is 0 Å². The van der Waals surface area contributed by atoms with Gasteiger partial charge >= 0.3 is 11.9 Å². The highest BCUT2D eigenvalue weighted by Gasteiger charge is 2.28. The van der Waals surface area contributed by atoms with Gasteiger partial charge < -0.3 is 24.6 Å². The number of hydrogen-bond acceptors (Lipinski definition) is 10. The van der Waals surface area contributed by atoms with Gasteiger partial charge in [-0.05, 0) is 123 Å². The van der Waals surface area contributed by atoms with Crippen molar-refractivity contribution in [2.45, 2.75) is 65.8 Å². The van der Waals surface area contributed by atoms with Gasteiger partial charge in [-0.1, -0.05) is 85.4 Å². The van der Waals surface area contributed by atoms with Crippen LogP contribution in [-0.4, -0.2) is 82.0 Å². The highest BCUT2D eigenvalue weighted by Crippen LogP contribution is 2.31. The van der Waals surface area contributed by atoms with Crippen molar-refractivity contribution in [2.75, 3.05) is 32.7 Å². The lowest BCUT2D eigenvalue weighted by Crippen LogP contribution is -2.28. The van der Waals surface area contributed by atoms with E-state index in [0.717, 1.165) is 22.9 Å². The number of carbonyl (C=O) groups excluding carboxylic acids is 2. The molecule has 62 heavy (non-hydrogen) atoms. The minimum absolute atomic E-state index is 0.00897. The molecule has 0 amide bonds. The van der Waals surface area contributed by atoms with Crippen LogP contribution in [0.1, 0.15) is 37.8 Å². The second-order valence-electron chi connectivity index (χ2n) is 15.5. The quantitative estimate of drug-likeness (QED) is 0.0395. The molecule has 0 aliphatic carbocycles. The first-order valence-electron chi connectivity index (χ1n) is 20.6. The van der Waals surface area contributed by atoms with Crippen LogP contribution in [0.15, 0.2) is 84.9 Å². The van der Waals surface area contributed by atoms with Crippen molar-refractivity contribution in [3.8, 4) is 22.3 Å². The Morgan fingerprint density at radius 2 is 1.06 bits per heavy atom. The van der Waals surface area contributed by atoms with Crippen molar-refractivity contribution in [3.05, 3.63) is 118 Å². The average Bonchev–Trinajstić information content (AvgIpc) is 3.20. The molecule has 0 radical (unpaired) electrons. The number of halogens is 4. The Balaban J connectivity index is 0.000000333. The van der Waals surface area contributed by atoms with Crippen LogP contribution in [0.5, 0.6) is 0 Å². The number of carbonyl (C=O) groups is 2. The molecule has 0 unspecified atom stereocenters. The Labute approximate surface area is 375 Å². The van der Waals surface area contributed by atoms with Crippen molar-refractivity contribution < 1.29 is 55.6 Å². The first kappa shape index (κ1) is 52.5. The molecule has 4 aromatic carbocycles. The standard InChI is InChI=1S/C23H29BClFO6S.C22H27BClFO4/c1-4-31-23(27)19(15-32-33(3,29)30)12-17(14-24(2)28)11-16-5-7-18(8-6-16)21-13-20(25)9-10-22(21)26;1-3-29-22(27)18(14-26)11-16(13-23(2)28)10-15-4-6-17(7-5-15)20-12-19(24)8-9-21(20)25/h5-10,13,17,19,28H,4,11-12,14-15H2,1-3H3;4-9,12,16,18,26,28H,3,10-11,13-14H2,1-2H3/t17-,19+;16-,18+/m11/s1. The number of rotatable bonds is 22. The Bertz CT molecular complexity index is 2130. The molecule has 336 valence electrons. The SMILES string of the molecule is CCOC(=O)[C@H](CO)C[C@H](CB(C)O)Cc1ccc(-c2cc(Cl)ccc2F)cc1.CCOC(=O)[C@H](COS(C)(=O)=O)C[C@H](CB(C)O)Cc1ccc(-c2cc(Cl)ccc2F)cc1. The second-order valence-corrected chi connectivity index (χ2v) is 18.0. The number of aliphatic hydroxyl groups is 1. The Morgan fingerprint density at radius 3 is 1.42 bits per heavy atom. The maximum absolute atomic E-state index is 14.2. The van der Waals surface area contributed by atoms with E-state index in [1.165, 1.54) is 24.3 Å². The van der Waals surface area contributed by atoms with Crippen LogP contribution in [0.4, 0.5) is 8.78 Å². The van der Waals surface area contributed by atoms with Gasteiger partial charge in [0.1, 0.15) is 11.6 Å². The summed E-state index contributed by atoms with van der Waals surface area (Å²) in [6, 6.07) is 23.6. The molecule has 0 fully saturated rings. The van der Waals surface area contributed by atoms with Crippen LogP contribution >= 0.6 is 23.2 Å². The van der Waals surface area contributed by atoms with Gasteiger partial charge in [-0.15, -0.1) is 0 Å². The molecule has 0 spiro atoms. The molecule has 0 saturated carbocycles. The molecule has 0 aliphatic rings. The molecular weight excluding hydrogens is 863 g/mol. The highest BCUT2D eigenvalue weighted by molar-refractivity contribution is 7.86. The van der Waals surface area contributed by atoms with Gasteiger partial charge in [0.15, 0.2) is 0 Å². The smallest absolute Gasteiger partial charge is 0.311 e. The van der Waals surface area contributed by atoms with E-state index in [1.807, 2.05) is 36.4 Å². The van der Waals surface area contributed by atoms with Crippen LogP contribution in [0, 0.1) is 35.3 Å². The van der Waals surface area contributed by atoms with Gasteiger partial charge in [0.05, 0.1) is 44.5 Å². The summed E-state index contributed by atoms with van der Waals surface area (Å²) < 4.78 is 66.1. The summed E-state index contributed by atoms with van der Waals surface area (Å²) in [6.45, 7) is 5.43. The molecular formula is C45H56B2Cl2F2O10S. The fourth-order valence-electron chi connectivity index (χ4n) is 7.24. The third-order valence-corrected chi connectivity index (χ3v) is 11.0. The molecule has 0 bridgehead atoms. The van der Waals surface area contributed by atoms with E-state index < -0.39 is 47.7 Å². The summed E-state index contributed by atoms with van der Waals surface area (Å²) in [6.07, 6.45) is 3.68. The van der Waals surface area contributed by atoms with Crippen LogP contribution in [0.2, 0.25) is 36.3 Å². The lowest BCUT2D eigenvalue weighted by molar-refractivity contribution is -0.150. The maximum atomic E-state index is 14.2. The van der Waals surface area contributed by atoms with Crippen molar-refractivity contribution in [1.29, 1.82) is 0 Å². The first-order chi connectivity index (χ1) is 29.3. The van der Waals surface area contributed by atoms with Gasteiger partial charge in [0, 0.05) is 21.2 Å². The second kappa shape index (κ2) is 26.1. The van der Waals surface area contributed by atoms with Crippen LogP contribution in [0.3, 0.4) is 0 Å². The van der Waals surface area contributed by atoms with Gasteiger partial charge in [-0.2, -0.15) is 8.42 Å². The van der Waals surface area contributed by atoms with Crippen molar-refractivity contribution in [1.82, 2.24) is 0 Å². The molecule has 3 N–H and O–H groups in total. The van der Waals surface area contributed by atoms with E-state index in [1.54, 1.807) is 51.8 Å². The largest absolute Gasteiger partial charge is 0.466 e. The predicted octanol–water partition coefficient (Wildman–Crippen LogP) is 8.94. The minimum atomic E-state index is -3.72. The third kappa shape index (κ3) is 18.5. The fraction of sp³-hybridized carbons (Fsp3) is 0.422. The molecule has 4 atom stereocenters. The number of benzene rings is 4. The summed E-state index contributed by atoms with van der Waals surface area (Å²) in [5.41, 5.74) is 4.17. The maximum Gasteiger partial charge on any atom is 0.311 e. The summed E-state index contributed by atoms with van der Waals surface area (Å²) in [5, 5.41) is 30.3. The monoisotopic (exact) mass is 918 g/mol. The number of aliphatic hydroxyl groups excluding tert-OH is 1. The average molecular weight is 920 g/mol. The molecule has 0 saturated heterocycles. The van der Waals surface area contributed by atoms with Crippen molar-refractivity contribution in [3.63, 3.8) is 0 Å². The van der Waals surface area contributed by atoms with E-state index in [9.17, 15) is 41.9 Å². The summed E-state index contributed by atoms with van der Waals surface area (Å²) >= 11 is 12.0. The summed E-state index contributed by atoms with van der Waals surface area (Å²) in [7, 11) is -3.72. The number of ether oxygens (including phenoxy) is 2. The molecule has 10 nitrogen and oxygen atoms in total. The van der Waals surface area contributed by atoms with E-state index in [0.29, 0.717) is 58.6 Å². The molecule has 0 aliphatic heterocycles. The normalized spacial score (nSPS) is 13.2. The molecule has 17 heteroatoms.